The smallest absolute Gasteiger partial charge is 0.451 e. The lowest BCUT2D eigenvalue weighted by molar-refractivity contribution is -0.144. The molecular formula is C17H14F3N3O2. The van der Waals surface area contributed by atoms with Crippen LogP contribution in [-0.2, 0) is 6.18 Å². The molecule has 0 amide bonds. The number of hydrogen-bond acceptors (Lipinski definition) is 5. The van der Waals surface area contributed by atoms with Crippen LogP contribution in [0.15, 0.2) is 42.5 Å². The molecule has 0 aliphatic heterocycles. The van der Waals surface area contributed by atoms with Crippen molar-refractivity contribution < 1.29 is 22.6 Å². The topological polar surface area (TPSA) is 56.3 Å². The third kappa shape index (κ3) is 3.42. The van der Waals surface area contributed by atoms with E-state index in [0.717, 1.165) is 0 Å². The number of methoxy groups -OCH3 is 2. The van der Waals surface area contributed by atoms with Crippen LogP contribution in [0.4, 0.5) is 24.7 Å². The summed E-state index contributed by atoms with van der Waals surface area (Å²) >= 11 is 0. The number of anilines is 2. The number of hydrogen-bond donors (Lipinski definition) is 1. The molecule has 8 heteroatoms. The normalized spacial score (nSPS) is 11.4. The van der Waals surface area contributed by atoms with Crippen molar-refractivity contribution in [2.75, 3.05) is 19.5 Å². The van der Waals surface area contributed by atoms with Gasteiger partial charge in [0.15, 0.2) is 0 Å². The van der Waals surface area contributed by atoms with Gasteiger partial charge in [-0.25, -0.2) is 9.97 Å². The minimum atomic E-state index is -4.65. The predicted molar refractivity (Wildman–Crippen MR) is 87.4 cm³/mol. The quantitative estimate of drug-likeness (QED) is 0.756. The van der Waals surface area contributed by atoms with Crippen molar-refractivity contribution in [2.45, 2.75) is 6.18 Å². The van der Waals surface area contributed by atoms with E-state index in [1.165, 1.54) is 20.3 Å². The van der Waals surface area contributed by atoms with Crippen LogP contribution in [-0.4, -0.2) is 24.2 Å². The Morgan fingerprint density at radius 1 is 0.960 bits per heavy atom. The lowest BCUT2D eigenvalue weighted by Crippen LogP contribution is -2.12. The molecule has 0 unspecified atom stereocenters. The van der Waals surface area contributed by atoms with Crippen molar-refractivity contribution in [3.8, 4) is 11.5 Å². The molecule has 130 valence electrons. The van der Waals surface area contributed by atoms with Gasteiger partial charge in [0.1, 0.15) is 17.3 Å². The van der Waals surface area contributed by atoms with Gasteiger partial charge in [0.25, 0.3) is 0 Å². The maximum atomic E-state index is 13.1. The number of nitrogens with zero attached hydrogens (tertiary/aromatic N) is 2. The second-order valence-electron chi connectivity index (χ2n) is 5.10. The van der Waals surface area contributed by atoms with E-state index in [-0.39, 0.29) is 11.3 Å². The molecule has 1 N–H and O–H groups in total. The van der Waals surface area contributed by atoms with Gasteiger partial charge in [-0.15, -0.1) is 0 Å². The number of rotatable bonds is 4. The second-order valence-corrected chi connectivity index (χ2v) is 5.10. The standard InChI is InChI=1S/C17H14F3N3O2/c1-24-10-7-8-14(25-2)13(9-10)21-15-11-5-3-4-6-12(11)22-16(23-15)17(18,19)20/h3-9H,1-2H3,(H,21,22,23). The Labute approximate surface area is 141 Å². The van der Waals surface area contributed by atoms with Crippen LogP contribution >= 0.6 is 0 Å². The highest BCUT2D eigenvalue weighted by atomic mass is 19.4. The Hall–Kier alpha value is -3.03. The fourth-order valence-corrected chi connectivity index (χ4v) is 2.34. The SMILES string of the molecule is COc1ccc(OC)c(Nc2nc(C(F)(F)F)nc3ccccc23)c1. The molecule has 2 aromatic carbocycles. The highest BCUT2D eigenvalue weighted by Crippen LogP contribution is 2.35. The number of aromatic nitrogens is 2. The number of fused-ring (bicyclic) bond motifs is 1. The zero-order chi connectivity index (χ0) is 18.0. The molecule has 5 nitrogen and oxygen atoms in total. The lowest BCUT2D eigenvalue weighted by atomic mass is 10.2. The van der Waals surface area contributed by atoms with E-state index in [2.05, 4.69) is 15.3 Å². The zero-order valence-electron chi connectivity index (χ0n) is 13.4. The van der Waals surface area contributed by atoms with Crippen LogP contribution in [0, 0.1) is 0 Å². The molecule has 0 atom stereocenters. The largest absolute Gasteiger partial charge is 0.497 e. The Morgan fingerprint density at radius 3 is 2.40 bits per heavy atom. The van der Waals surface area contributed by atoms with E-state index in [1.54, 1.807) is 36.4 Å². The monoisotopic (exact) mass is 349 g/mol. The first kappa shape index (κ1) is 16.8. The number of benzene rings is 2. The van der Waals surface area contributed by atoms with E-state index < -0.39 is 12.0 Å². The first-order chi connectivity index (χ1) is 11.9. The van der Waals surface area contributed by atoms with Gasteiger partial charge in [0, 0.05) is 11.5 Å². The van der Waals surface area contributed by atoms with Gasteiger partial charge < -0.3 is 14.8 Å². The number of halogens is 3. The molecular weight excluding hydrogens is 335 g/mol. The van der Waals surface area contributed by atoms with Gasteiger partial charge in [-0.2, -0.15) is 13.2 Å². The maximum absolute atomic E-state index is 13.1. The third-order valence-electron chi connectivity index (χ3n) is 3.52. The highest BCUT2D eigenvalue weighted by molar-refractivity contribution is 5.91. The number of ether oxygens (including phenoxy) is 2. The maximum Gasteiger partial charge on any atom is 0.451 e. The average Bonchev–Trinajstić information content (AvgIpc) is 2.60. The van der Waals surface area contributed by atoms with Crippen LogP contribution in [0.2, 0.25) is 0 Å². The molecule has 0 saturated heterocycles. The van der Waals surface area contributed by atoms with Gasteiger partial charge >= 0.3 is 6.18 Å². The first-order valence-corrected chi connectivity index (χ1v) is 7.25. The Bertz CT molecular complexity index is 913. The molecule has 0 fully saturated rings. The summed E-state index contributed by atoms with van der Waals surface area (Å²) in [5.74, 6) is -0.213. The minimum absolute atomic E-state index is 0.0319. The van der Waals surface area contributed by atoms with Crippen molar-refractivity contribution in [1.82, 2.24) is 9.97 Å². The van der Waals surface area contributed by atoms with Gasteiger partial charge in [-0.3, -0.25) is 0 Å². The van der Waals surface area contributed by atoms with E-state index in [4.69, 9.17) is 9.47 Å². The van der Waals surface area contributed by atoms with Crippen LogP contribution in [0.3, 0.4) is 0 Å². The van der Waals surface area contributed by atoms with Crippen molar-refractivity contribution in [3.63, 3.8) is 0 Å². The number of para-hydroxylation sites is 1. The summed E-state index contributed by atoms with van der Waals surface area (Å²) in [5, 5.41) is 3.36. The van der Waals surface area contributed by atoms with Gasteiger partial charge in [-0.1, -0.05) is 12.1 Å². The summed E-state index contributed by atoms with van der Waals surface area (Å²) in [6.45, 7) is 0. The molecule has 25 heavy (non-hydrogen) atoms. The van der Waals surface area contributed by atoms with Crippen LogP contribution in [0.5, 0.6) is 11.5 Å². The van der Waals surface area contributed by atoms with Crippen LogP contribution in [0.25, 0.3) is 10.9 Å². The van der Waals surface area contributed by atoms with Crippen LogP contribution in [0.1, 0.15) is 5.82 Å². The summed E-state index contributed by atoms with van der Waals surface area (Å²) < 4.78 is 49.7. The summed E-state index contributed by atoms with van der Waals surface area (Å²) in [5.41, 5.74) is 0.619. The van der Waals surface area contributed by atoms with Crippen molar-refractivity contribution in [2.24, 2.45) is 0 Å². The molecule has 0 radical (unpaired) electrons. The Balaban J connectivity index is 2.15. The summed E-state index contributed by atoms with van der Waals surface area (Å²) in [4.78, 5) is 7.25. The highest BCUT2D eigenvalue weighted by Gasteiger charge is 2.35. The zero-order valence-corrected chi connectivity index (χ0v) is 13.4. The second kappa shape index (κ2) is 6.46. The molecule has 1 aromatic heterocycles. The summed E-state index contributed by atoms with van der Waals surface area (Å²) in [7, 11) is 2.96. The molecule has 0 saturated carbocycles. The van der Waals surface area contributed by atoms with Crippen LogP contribution < -0.4 is 14.8 Å². The Morgan fingerprint density at radius 2 is 1.72 bits per heavy atom. The summed E-state index contributed by atoms with van der Waals surface area (Å²) in [6, 6.07) is 11.4. The van der Waals surface area contributed by atoms with E-state index >= 15 is 0 Å². The number of alkyl halides is 3. The van der Waals surface area contributed by atoms with Gasteiger partial charge in [-0.05, 0) is 24.3 Å². The van der Waals surface area contributed by atoms with Crippen molar-refractivity contribution in [3.05, 3.63) is 48.3 Å². The van der Waals surface area contributed by atoms with E-state index in [1.807, 2.05) is 0 Å². The molecule has 0 bridgehead atoms. The number of nitrogens with one attached hydrogen (secondary N) is 1. The Kier molecular flexibility index (Phi) is 4.35. The van der Waals surface area contributed by atoms with Gasteiger partial charge in [0.2, 0.25) is 5.82 Å². The first-order valence-electron chi connectivity index (χ1n) is 7.25. The minimum Gasteiger partial charge on any atom is -0.497 e. The molecule has 1 heterocycles. The molecule has 0 aliphatic carbocycles. The molecule has 3 rings (SSSR count). The van der Waals surface area contributed by atoms with E-state index in [9.17, 15) is 13.2 Å². The van der Waals surface area contributed by atoms with Crippen molar-refractivity contribution >= 4 is 22.4 Å². The lowest BCUT2D eigenvalue weighted by Gasteiger charge is -2.15. The molecule has 3 aromatic rings. The predicted octanol–water partition coefficient (Wildman–Crippen LogP) is 4.41. The van der Waals surface area contributed by atoms with Crippen molar-refractivity contribution in [1.29, 1.82) is 0 Å². The third-order valence-corrected chi connectivity index (χ3v) is 3.52. The fraction of sp³-hybridized carbons (Fsp3) is 0.176. The summed E-state index contributed by atoms with van der Waals surface area (Å²) in [6.07, 6.45) is -4.65. The molecule has 0 aliphatic rings. The fourth-order valence-electron chi connectivity index (χ4n) is 2.34. The van der Waals surface area contributed by atoms with E-state index in [0.29, 0.717) is 22.6 Å². The average molecular weight is 349 g/mol. The van der Waals surface area contributed by atoms with Gasteiger partial charge in [0.05, 0.1) is 25.4 Å². The molecule has 0 spiro atoms.